The second-order valence-corrected chi connectivity index (χ2v) is 5.40. The summed E-state index contributed by atoms with van der Waals surface area (Å²) >= 11 is 0. The fraction of sp³-hybridized carbons (Fsp3) is 0.222. The van der Waals surface area contributed by atoms with Gasteiger partial charge in [-0.2, -0.15) is 0 Å². The summed E-state index contributed by atoms with van der Waals surface area (Å²) in [5, 5.41) is 0.637. The summed E-state index contributed by atoms with van der Waals surface area (Å²) in [6.07, 6.45) is 8.03. The van der Waals surface area contributed by atoms with Crippen molar-refractivity contribution >= 4 is 16.8 Å². The monoisotopic (exact) mass is 294 g/mol. The van der Waals surface area contributed by atoms with Gasteiger partial charge in [-0.3, -0.25) is 14.2 Å². The lowest BCUT2D eigenvalue weighted by Gasteiger charge is -2.06. The molecule has 1 aromatic carbocycles. The molecule has 2 heterocycles. The zero-order valence-electron chi connectivity index (χ0n) is 12.5. The van der Waals surface area contributed by atoms with E-state index in [0.29, 0.717) is 16.5 Å². The first-order valence-corrected chi connectivity index (χ1v) is 7.52. The molecule has 4 nitrogen and oxygen atoms in total. The van der Waals surface area contributed by atoms with Crippen LogP contribution in [0.2, 0.25) is 0 Å². The van der Waals surface area contributed by atoms with Gasteiger partial charge in [-0.15, -0.1) is 0 Å². The number of unbranched alkanes of at least 4 members (excludes halogenated alkanes) is 1. The number of nitrogens with zero attached hydrogens (tertiary/aromatic N) is 1. The molecule has 0 radical (unpaired) electrons. The van der Waals surface area contributed by atoms with E-state index in [1.165, 1.54) is 4.57 Å². The van der Waals surface area contributed by atoms with Crippen molar-refractivity contribution in [1.29, 1.82) is 0 Å². The Labute approximate surface area is 128 Å². The number of aromatic amines is 1. The third-order valence-corrected chi connectivity index (χ3v) is 3.84. The van der Waals surface area contributed by atoms with Gasteiger partial charge in [0.25, 0.3) is 5.91 Å². The minimum atomic E-state index is -0.109. The Hall–Kier alpha value is -2.62. The van der Waals surface area contributed by atoms with Crippen molar-refractivity contribution in [3.8, 4) is 0 Å². The molecule has 4 heteroatoms. The number of H-pyrrole nitrogens is 1. The average molecular weight is 294 g/mol. The lowest BCUT2D eigenvalue weighted by molar-refractivity contribution is 0.0960. The van der Waals surface area contributed by atoms with Crippen molar-refractivity contribution < 1.29 is 4.79 Å². The summed E-state index contributed by atoms with van der Waals surface area (Å²) < 4.78 is 1.52. The van der Waals surface area contributed by atoms with Gasteiger partial charge in [0, 0.05) is 35.1 Å². The molecule has 0 fully saturated rings. The van der Waals surface area contributed by atoms with Crippen molar-refractivity contribution in [2.45, 2.75) is 26.2 Å². The van der Waals surface area contributed by atoms with E-state index in [-0.39, 0.29) is 11.3 Å². The van der Waals surface area contributed by atoms with Gasteiger partial charge >= 0.3 is 0 Å². The molecular formula is C18H18N2O2. The number of hydrogen-bond acceptors (Lipinski definition) is 2. The number of hydrogen-bond donors (Lipinski definition) is 1. The second kappa shape index (κ2) is 6.02. The Balaban J connectivity index is 2.01. The Kier molecular flexibility index (Phi) is 3.92. The van der Waals surface area contributed by atoms with E-state index < -0.39 is 0 Å². The maximum absolute atomic E-state index is 12.4. The predicted molar refractivity (Wildman–Crippen MR) is 87.3 cm³/mol. The van der Waals surface area contributed by atoms with E-state index in [0.717, 1.165) is 24.8 Å². The summed E-state index contributed by atoms with van der Waals surface area (Å²) in [7, 11) is 0. The molecule has 0 atom stereocenters. The molecule has 112 valence electrons. The standard InChI is InChI=1S/C18H18N2O2/c1-2-3-6-14-12-19-16-11-13(7-8-15(16)17(14)21)18(22)20-9-4-5-10-20/h4-5,7-12H,2-3,6H2,1H3,(H,19,21). The van der Waals surface area contributed by atoms with E-state index in [1.807, 2.05) is 0 Å². The fourth-order valence-electron chi connectivity index (χ4n) is 2.57. The summed E-state index contributed by atoms with van der Waals surface area (Å²) in [5.74, 6) is -0.109. The number of fused-ring (bicyclic) bond motifs is 1. The zero-order chi connectivity index (χ0) is 15.5. The second-order valence-electron chi connectivity index (χ2n) is 5.40. The Morgan fingerprint density at radius 2 is 2.00 bits per heavy atom. The quantitative estimate of drug-likeness (QED) is 0.802. The maximum atomic E-state index is 12.4. The van der Waals surface area contributed by atoms with Gasteiger partial charge in [0.05, 0.1) is 5.52 Å². The molecule has 0 bridgehead atoms. The summed E-state index contributed by atoms with van der Waals surface area (Å²) in [6, 6.07) is 8.80. The van der Waals surface area contributed by atoms with Crippen LogP contribution in [0.5, 0.6) is 0 Å². The van der Waals surface area contributed by atoms with Crippen LogP contribution in [0.4, 0.5) is 0 Å². The highest BCUT2D eigenvalue weighted by molar-refractivity contribution is 5.99. The first-order valence-electron chi connectivity index (χ1n) is 7.52. The normalized spacial score (nSPS) is 11.0. The number of carbonyl (C=O) groups is 1. The molecule has 0 aliphatic carbocycles. The third kappa shape index (κ3) is 2.60. The number of aromatic nitrogens is 2. The minimum Gasteiger partial charge on any atom is -0.361 e. The topological polar surface area (TPSA) is 54.9 Å². The van der Waals surface area contributed by atoms with Gasteiger partial charge < -0.3 is 4.98 Å². The van der Waals surface area contributed by atoms with Gasteiger partial charge in [-0.25, -0.2) is 0 Å². The number of benzene rings is 1. The molecule has 0 aliphatic rings. The molecule has 0 saturated heterocycles. The molecule has 1 N–H and O–H groups in total. The van der Waals surface area contributed by atoms with Crippen LogP contribution in [-0.4, -0.2) is 15.5 Å². The van der Waals surface area contributed by atoms with Gasteiger partial charge in [0.2, 0.25) is 0 Å². The van der Waals surface area contributed by atoms with Crippen LogP contribution < -0.4 is 5.43 Å². The summed E-state index contributed by atoms with van der Waals surface area (Å²) in [4.78, 5) is 27.9. The van der Waals surface area contributed by atoms with Crippen molar-refractivity contribution in [3.05, 3.63) is 70.3 Å². The third-order valence-electron chi connectivity index (χ3n) is 3.84. The molecule has 0 unspecified atom stereocenters. The van der Waals surface area contributed by atoms with E-state index in [2.05, 4.69) is 11.9 Å². The Bertz CT molecular complexity index is 860. The van der Waals surface area contributed by atoms with Gasteiger partial charge in [0.1, 0.15) is 0 Å². The van der Waals surface area contributed by atoms with Crippen LogP contribution in [0.1, 0.15) is 35.7 Å². The molecule has 3 aromatic rings. The maximum Gasteiger partial charge on any atom is 0.261 e. The van der Waals surface area contributed by atoms with Crippen molar-refractivity contribution in [1.82, 2.24) is 9.55 Å². The van der Waals surface area contributed by atoms with E-state index in [9.17, 15) is 9.59 Å². The highest BCUT2D eigenvalue weighted by atomic mass is 16.2. The first-order chi connectivity index (χ1) is 10.7. The van der Waals surface area contributed by atoms with Crippen LogP contribution >= 0.6 is 0 Å². The van der Waals surface area contributed by atoms with Crippen LogP contribution in [-0.2, 0) is 6.42 Å². The molecule has 0 spiro atoms. The average Bonchev–Trinajstić information content (AvgIpc) is 3.07. The Morgan fingerprint density at radius 3 is 2.73 bits per heavy atom. The zero-order valence-corrected chi connectivity index (χ0v) is 12.5. The predicted octanol–water partition coefficient (Wildman–Crippen LogP) is 3.36. The highest BCUT2D eigenvalue weighted by Crippen LogP contribution is 2.13. The number of rotatable bonds is 4. The van der Waals surface area contributed by atoms with Crippen LogP contribution in [0.3, 0.4) is 0 Å². The van der Waals surface area contributed by atoms with Gasteiger partial charge in [-0.05, 0) is 43.2 Å². The van der Waals surface area contributed by atoms with Crippen molar-refractivity contribution in [2.75, 3.05) is 0 Å². The molecule has 3 rings (SSSR count). The number of nitrogens with one attached hydrogen (secondary N) is 1. The van der Waals surface area contributed by atoms with Crippen LogP contribution in [0.25, 0.3) is 10.9 Å². The van der Waals surface area contributed by atoms with E-state index in [1.54, 1.807) is 48.9 Å². The molecule has 22 heavy (non-hydrogen) atoms. The minimum absolute atomic E-state index is 0.0576. The largest absolute Gasteiger partial charge is 0.361 e. The number of pyridine rings is 1. The van der Waals surface area contributed by atoms with E-state index >= 15 is 0 Å². The highest BCUT2D eigenvalue weighted by Gasteiger charge is 2.10. The molecule has 0 amide bonds. The summed E-state index contributed by atoms with van der Waals surface area (Å²) in [5.41, 5.74) is 2.12. The van der Waals surface area contributed by atoms with Crippen LogP contribution in [0.15, 0.2) is 53.7 Å². The number of aryl methyl sites for hydroxylation is 1. The van der Waals surface area contributed by atoms with Gasteiger partial charge in [-0.1, -0.05) is 13.3 Å². The summed E-state index contributed by atoms with van der Waals surface area (Å²) in [6.45, 7) is 2.11. The SMILES string of the molecule is CCCCc1c[nH]c2cc(C(=O)n3cccc3)ccc2c1=O. The Morgan fingerprint density at radius 1 is 1.23 bits per heavy atom. The fourth-order valence-corrected chi connectivity index (χ4v) is 2.57. The molecule has 0 aliphatic heterocycles. The molecular weight excluding hydrogens is 276 g/mol. The van der Waals surface area contributed by atoms with Crippen molar-refractivity contribution in [2.24, 2.45) is 0 Å². The van der Waals surface area contributed by atoms with Crippen molar-refractivity contribution in [3.63, 3.8) is 0 Å². The lowest BCUT2D eigenvalue weighted by Crippen LogP contribution is -2.12. The molecule has 0 saturated carbocycles. The smallest absolute Gasteiger partial charge is 0.261 e. The first kappa shape index (κ1) is 14.3. The van der Waals surface area contributed by atoms with E-state index in [4.69, 9.17) is 0 Å². The lowest BCUT2D eigenvalue weighted by atomic mass is 10.1. The van der Waals surface area contributed by atoms with Crippen LogP contribution in [0, 0.1) is 0 Å². The number of carbonyl (C=O) groups excluding carboxylic acids is 1. The van der Waals surface area contributed by atoms with Gasteiger partial charge in [0.15, 0.2) is 5.43 Å². The molecule has 2 aromatic heterocycles.